The van der Waals surface area contributed by atoms with Gasteiger partial charge in [0.25, 0.3) is 24.4 Å². The van der Waals surface area contributed by atoms with E-state index in [-0.39, 0.29) is 0 Å². The van der Waals surface area contributed by atoms with Gasteiger partial charge in [0.1, 0.15) is 0 Å². The van der Waals surface area contributed by atoms with Crippen LogP contribution in [0.15, 0.2) is 0 Å². The molecule has 0 bridgehead atoms. The summed E-state index contributed by atoms with van der Waals surface area (Å²) in [6.45, 7) is 2.26. The molecule has 8 heteroatoms. The number of hydrogen-bond donors (Lipinski definition) is 2. The highest BCUT2D eigenvalue weighted by atomic mass is 17.2. The van der Waals surface area contributed by atoms with Gasteiger partial charge < -0.3 is 20.0 Å². The van der Waals surface area contributed by atoms with E-state index in [0.717, 1.165) is 25.7 Å². The number of likely N-dealkylation sites (tertiary alicyclic amines) is 2. The Labute approximate surface area is 116 Å². The molecule has 0 saturated carbocycles. The average molecular weight is 288 g/mol. The van der Waals surface area contributed by atoms with E-state index in [4.69, 9.17) is 0 Å². The second-order valence-electron chi connectivity index (χ2n) is 4.96. The second kappa shape index (κ2) is 6.98. The van der Waals surface area contributed by atoms with E-state index in [0.29, 0.717) is 26.2 Å². The molecule has 2 aliphatic heterocycles. The van der Waals surface area contributed by atoms with Crippen LogP contribution in [0.25, 0.3) is 0 Å². The highest BCUT2D eigenvalue weighted by Crippen LogP contribution is 2.12. The number of aliphatic hydroxyl groups excluding tert-OH is 2. The molecule has 2 fully saturated rings. The molecular formula is C12H20N2O6. The van der Waals surface area contributed by atoms with Gasteiger partial charge in [-0.25, -0.2) is 0 Å². The van der Waals surface area contributed by atoms with Crippen molar-refractivity contribution in [2.75, 3.05) is 26.2 Å². The Balaban J connectivity index is 1.72. The van der Waals surface area contributed by atoms with Gasteiger partial charge in [-0.1, -0.05) is 0 Å². The quantitative estimate of drug-likeness (QED) is 0.375. The zero-order valence-electron chi connectivity index (χ0n) is 11.2. The SMILES string of the molecule is O=C(C(O)OOC(O)C(=O)N1CCCC1)N1CCCC1. The standard InChI is InChI=1S/C12H20N2O6/c15-9(13-5-1-2-6-13)11(17)19-20-12(18)10(16)14-7-3-4-8-14/h11-12,17-18H,1-8H2. The maximum atomic E-state index is 11.7. The van der Waals surface area contributed by atoms with Crippen LogP contribution in [0, 0.1) is 0 Å². The molecule has 0 aliphatic carbocycles. The molecule has 2 rings (SSSR count). The molecule has 2 amide bonds. The summed E-state index contributed by atoms with van der Waals surface area (Å²) in [4.78, 5) is 35.1. The minimum atomic E-state index is -1.82. The molecule has 0 aromatic carbocycles. The van der Waals surface area contributed by atoms with E-state index in [1.807, 2.05) is 0 Å². The molecule has 2 atom stereocenters. The molecule has 2 aliphatic rings. The molecule has 2 unspecified atom stereocenters. The van der Waals surface area contributed by atoms with Crippen LogP contribution in [0.3, 0.4) is 0 Å². The van der Waals surface area contributed by atoms with Gasteiger partial charge in [0, 0.05) is 26.2 Å². The van der Waals surface area contributed by atoms with Crippen LogP contribution in [-0.2, 0) is 19.4 Å². The first-order valence-electron chi connectivity index (χ1n) is 6.85. The molecule has 0 aromatic rings. The molecule has 0 radical (unpaired) electrons. The predicted molar refractivity (Wildman–Crippen MR) is 65.8 cm³/mol. The summed E-state index contributed by atoms with van der Waals surface area (Å²) in [5.74, 6) is -1.24. The number of rotatable bonds is 5. The van der Waals surface area contributed by atoms with E-state index in [1.165, 1.54) is 9.80 Å². The fourth-order valence-electron chi connectivity index (χ4n) is 2.37. The van der Waals surface area contributed by atoms with Crippen LogP contribution in [-0.4, -0.2) is 70.6 Å². The topological polar surface area (TPSA) is 99.5 Å². The van der Waals surface area contributed by atoms with Crippen molar-refractivity contribution >= 4 is 11.8 Å². The molecule has 0 spiro atoms. The van der Waals surface area contributed by atoms with Gasteiger partial charge in [0.2, 0.25) is 0 Å². The third kappa shape index (κ3) is 3.66. The van der Waals surface area contributed by atoms with Crippen LogP contribution in [0.2, 0.25) is 0 Å². The van der Waals surface area contributed by atoms with Crippen LogP contribution in [0.5, 0.6) is 0 Å². The van der Waals surface area contributed by atoms with E-state index in [2.05, 4.69) is 9.78 Å². The summed E-state index contributed by atoms with van der Waals surface area (Å²) in [5, 5.41) is 19.0. The van der Waals surface area contributed by atoms with Crippen molar-refractivity contribution < 1.29 is 29.6 Å². The third-order valence-electron chi connectivity index (χ3n) is 3.50. The van der Waals surface area contributed by atoms with Gasteiger partial charge in [-0.3, -0.25) is 9.59 Å². The lowest BCUT2D eigenvalue weighted by atomic mass is 10.4. The van der Waals surface area contributed by atoms with Gasteiger partial charge in [-0.2, -0.15) is 9.78 Å². The normalized spacial score (nSPS) is 22.1. The number of carbonyl (C=O) groups excluding carboxylic acids is 2. The summed E-state index contributed by atoms with van der Waals surface area (Å²) in [6.07, 6.45) is -0.113. The fraction of sp³-hybridized carbons (Fsp3) is 0.833. The number of hydrogen-bond acceptors (Lipinski definition) is 6. The highest BCUT2D eigenvalue weighted by Gasteiger charge is 2.30. The van der Waals surface area contributed by atoms with E-state index >= 15 is 0 Å². The molecule has 2 N–H and O–H groups in total. The van der Waals surface area contributed by atoms with E-state index in [9.17, 15) is 19.8 Å². The minimum Gasteiger partial charge on any atom is -0.358 e. The Morgan fingerprint density at radius 1 is 0.750 bits per heavy atom. The van der Waals surface area contributed by atoms with Crippen LogP contribution in [0.1, 0.15) is 25.7 Å². The van der Waals surface area contributed by atoms with Gasteiger partial charge in [-0.05, 0) is 25.7 Å². The Morgan fingerprint density at radius 3 is 1.35 bits per heavy atom. The van der Waals surface area contributed by atoms with Crippen LogP contribution < -0.4 is 0 Å². The Hall–Kier alpha value is -1.22. The van der Waals surface area contributed by atoms with Crippen molar-refractivity contribution in [2.24, 2.45) is 0 Å². The lowest BCUT2D eigenvalue weighted by Gasteiger charge is -2.21. The van der Waals surface area contributed by atoms with Crippen LogP contribution >= 0.6 is 0 Å². The van der Waals surface area contributed by atoms with Crippen LogP contribution in [0.4, 0.5) is 0 Å². The second-order valence-corrected chi connectivity index (χ2v) is 4.96. The summed E-state index contributed by atoms with van der Waals surface area (Å²) in [6, 6.07) is 0. The monoisotopic (exact) mass is 288 g/mol. The molecule has 2 heterocycles. The van der Waals surface area contributed by atoms with Gasteiger partial charge in [-0.15, -0.1) is 0 Å². The first-order chi connectivity index (χ1) is 9.59. The molecule has 20 heavy (non-hydrogen) atoms. The maximum absolute atomic E-state index is 11.7. The molecular weight excluding hydrogens is 268 g/mol. The first-order valence-corrected chi connectivity index (χ1v) is 6.85. The fourth-order valence-corrected chi connectivity index (χ4v) is 2.37. The number of amides is 2. The van der Waals surface area contributed by atoms with Crippen molar-refractivity contribution in [3.8, 4) is 0 Å². The Kier molecular flexibility index (Phi) is 5.30. The Bertz CT molecular complexity index is 318. The van der Waals surface area contributed by atoms with Crippen molar-refractivity contribution in [3.05, 3.63) is 0 Å². The summed E-state index contributed by atoms with van der Waals surface area (Å²) < 4.78 is 0. The largest absolute Gasteiger partial charge is 0.358 e. The van der Waals surface area contributed by atoms with Crippen molar-refractivity contribution in [2.45, 2.75) is 38.3 Å². The van der Waals surface area contributed by atoms with Crippen molar-refractivity contribution in [1.82, 2.24) is 9.80 Å². The Morgan fingerprint density at radius 2 is 1.05 bits per heavy atom. The number of aliphatic hydroxyl groups is 2. The smallest absolute Gasteiger partial charge is 0.282 e. The number of nitrogens with zero attached hydrogens (tertiary/aromatic N) is 2. The van der Waals surface area contributed by atoms with E-state index < -0.39 is 24.4 Å². The van der Waals surface area contributed by atoms with E-state index in [1.54, 1.807) is 0 Å². The first kappa shape index (κ1) is 15.2. The van der Waals surface area contributed by atoms with Gasteiger partial charge >= 0.3 is 0 Å². The molecule has 114 valence electrons. The average Bonchev–Trinajstić information content (AvgIpc) is 3.14. The minimum absolute atomic E-state index is 0.564. The molecule has 2 saturated heterocycles. The summed E-state index contributed by atoms with van der Waals surface area (Å²) in [7, 11) is 0. The number of carbonyl (C=O) groups is 2. The molecule has 0 aromatic heterocycles. The third-order valence-corrected chi connectivity index (χ3v) is 3.50. The van der Waals surface area contributed by atoms with Gasteiger partial charge in [0.05, 0.1) is 0 Å². The summed E-state index contributed by atoms with van der Waals surface area (Å²) >= 11 is 0. The molecule has 8 nitrogen and oxygen atoms in total. The van der Waals surface area contributed by atoms with Crippen molar-refractivity contribution in [1.29, 1.82) is 0 Å². The lowest BCUT2D eigenvalue weighted by molar-refractivity contribution is -0.404. The zero-order valence-corrected chi connectivity index (χ0v) is 11.2. The van der Waals surface area contributed by atoms with Gasteiger partial charge in [0.15, 0.2) is 0 Å². The summed E-state index contributed by atoms with van der Waals surface area (Å²) in [5.41, 5.74) is 0. The van der Waals surface area contributed by atoms with Crippen molar-refractivity contribution in [3.63, 3.8) is 0 Å². The maximum Gasteiger partial charge on any atom is 0.282 e. The highest BCUT2D eigenvalue weighted by molar-refractivity contribution is 5.80. The zero-order chi connectivity index (χ0) is 14.5. The lowest BCUT2D eigenvalue weighted by Crippen LogP contribution is -2.42. The predicted octanol–water partition coefficient (Wildman–Crippen LogP) is -1.18.